The van der Waals surface area contributed by atoms with Gasteiger partial charge < -0.3 is 4.98 Å². The highest BCUT2D eigenvalue weighted by atomic mass is 32.2. The van der Waals surface area contributed by atoms with E-state index in [1.165, 1.54) is 10.5 Å². The average molecular weight is 214 g/mol. The SMILES string of the molecule is Cc1ccc(Sc2cc(C#N)c[nH]2)cc1. The molecule has 2 rings (SSSR count). The normalized spacial score (nSPS) is 9.87. The molecule has 2 nitrogen and oxygen atoms in total. The fourth-order valence-electron chi connectivity index (χ4n) is 1.23. The Morgan fingerprint density at radius 1 is 1.27 bits per heavy atom. The van der Waals surface area contributed by atoms with Crippen molar-refractivity contribution in [1.82, 2.24) is 4.98 Å². The summed E-state index contributed by atoms with van der Waals surface area (Å²) < 4.78 is 0. The number of aromatic nitrogens is 1. The molecule has 0 spiro atoms. The van der Waals surface area contributed by atoms with Gasteiger partial charge in [-0.05, 0) is 25.1 Å². The summed E-state index contributed by atoms with van der Waals surface area (Å²) in [7, 11) is 0. The van der Waals surface area contributed by atoms with Crippen LogP contribution in [0, 0.1) is 18.3 Å². The number of hydrogen-bond acceptors (Lipinski definition) is 2. The van der Waals surface area contributed by atoms with E-state index in [-0.39, 0.29) is 0 Å². The Morgan fingerprint density at radius 2 is 2.00 bits per heavy atom. The third kappa shape index (κ3) is 2.42. The molecule has 3 heteroatoms. The molecule has 0 fully saturated rings. The van der Waals surface area contributed by atoms with Crippen LogP contribution in [0.3, 0.4) is 0 Å². The fraction of sp³-hybridized carbons (Fsp3) is 0.0833. The van der Waals surface area contributed by atoms with Crippen molar-refractivity contribution in [2.45, 2.75) is 16.8 Å². The topological polar surface area (TPSA) is 39.6 Å². The summed E-state index contributed by atoms with van der Waals surface area (Å²) in [5.74, 6) is 0. The Morgan fingerprint density at radius 3 is 2.60 bits per heavy atom. The smallest absolute Gasteiger partial charge is 0.101 e. The lowest BCUT2D eigenvalue weighted by molar-refractivity contribution is 1.20. The van der Waals surface area contributed by atoms with Crippen molar-refractivity contribution in [2.75, 3.05) is 0 Å². The van der Waals surface area contributed by atoms with Gasteiger partial charge in [0.15, 0.2) is 0 Å². The Labute approximate surface area is 92.9 Å². The van der Waals surface area contributed by atoms with Crippen LogP contribution in [0.2, 0.25) is 0 Å². The molecule has 1 aromatic carbocycles. The van der Waals surface area contributed by atoms with E-state index in [4.69, 9.17) is 5.26 Å². The molecule has 15 heavy (non-hydrogen) atoms. The molecule has 1 N–H and O–H groups in total. The minimum Gasteiger partial charge on any atom is -0.355 e. The summed E-state index contributed by atoms with van der Waals surface area (Å²) in [6.07, 6.45) is 1.72. The van der Waals surface area contributed by atoms with Gasteiger partial charge in [-0.15, -0.1) is 0 Å². The van der Waals surface area contributed by atoms with Crippen LogP contribution in [-0.4, -0.2) is 4.98 Å². The monoisotopic (exact) mass is 214 g/mol. The molecular weight excluding hydrogens is 204 g/mol. The van der Waals surface area contributed by atoms with E-state index in [0.29, 0.717) is 5.56 Å². The van der Waals surface area contributed by atoms with Crippen molar-refractivity contribution >= 4 is 11.8 Å². The van der Waals surface area contributed by atoms with Crippen LogP contribution in [0.5, 0.6) is 0 Å². The van der Waals surface area contributed by atoms with E-state index in [1.807, 2.05) is 6.07 Å². The fourth-order valence-corrected chi connectivity index (χ4v) is 2.06. The third-order valence-corrected chi connectivity index (χ3v) is 3.00. The maximum Gasteiger partial charge on any atom is 0.101 e. The van der Waals surface area contributed by atoms with Gasteiger partial charge in [0, 0.05) is 11.1 Å². The van der Waals surface area contributed by atoms with Crippen LogP contribution in [-0.2, 0) is 0 Å². The Kier molecular flexibility index (Phi) is 2.79. The minimum absolute atomic E-state index is 0.671. The summed E-state index contributed by atoms with van der Waals surface area (Å²) in [6.45, 7) is 2.07. The van der Waals surface area contributed by atoms with Crippen molar-refractivity contribution in [3.8, 4) is 6.07 Å². The van der Waals surface area contributed by atoms with Crippen molar-refractivity contribution in [3.05, 3.63) is 47.7 Å². The van der Waals surface area contributed by atoms with E-state index in [2.05, 4.69) is 42.2 Å². The van der Waals surface area contributed by atoms with E-state index in [9.17, 15) is 0 Å². The molecule has 0 bridgehead atoms. The third-order valence-electron chi connectivity index (χ3n) is 2.03. The van der Waals surface area contributed by atoms with E-state index in [1.54, 1.807) is 18.0 Å². The number of nitrogens with one attached hydrogen (secondary N) is 1. The number of aryl methyl sites for hydroxylation is 1. The van der Waals surface area contributed by atoms with Gasteiger partial charge in [-0.3, -0.25) is 0 Å². The first-order chi connectivity index (χ1) is 7.28. The van der Waals surface area contributed by atoms with Crippen molar-refractivity contribution < 1.29 is 0 Å². The predicted molar refractivity (Wildman–Crippen MR) is 60.8 cm³/mol. The zero-order valence-corrected chi connectivity index (χ0v) is 9.14. The number of hydrogen-bond donors (Lipinski definition) is 1. The van der Waals surface area contributed by atoms with Crippen molar-refractivity contribution in [1.29, 1.82) is 5.26 Å². The lowest BCUT2D eigenvalue weighted by atomic mass is 10.2. The molecule has 0 amide bonds. The van der Waals surface area contributed by atoms with Gasteiger partial charge in [-0.2, -0.15) is 5.26 Å². The zero-order valence-electron chi connectivity index (χ0n) is 8.32. The Hall–Kier alpha value is -1.66. The second-order valence-corrected chi connectivity index (χ2v) is 4.39. The van der Waals surface area contributed by atoms with Crippen molar-refractivity contribution in [3.63, 3.8) is 0 Å². The predicted octanol–water partition coefficient (Wildman–Crippen LogP) is 3.35. The molecule has 0 aliphatic heterocycles. The highest BCUT2D eigenvalue weighted by Gasteiger charge is 2.00. The standard InChI is InChI=1S/C12H10N2S/c1-9-2-4-11(5-3-9)15-12-6-10(7-13)8-14-12/h2-6,8,14H,1H3. The summed E-state index contributed by atoms with van der Waals surface area (Å²) in [5.41, 5.74) is 1.92. The van der Waals surface area contributed by atoms with Crippen LogP contribution in [0.25, 0.3) is 0 Å². The first-order valence-corrected chi connectivity index (χ1v) is 5.42. The number of nitriles is 1. The van der Waals surface area contributed by atoms with Gasteiger partial charge in [-0.1, -0.05) is 29.5 Å². The highest BCUT2D eigenvalue weighted by molar-refractivity contribution is 7.99. The number of aromatic amines is 1. The lowest BCUT2D eigenvalue weighted by Gasteiger charge is -1.98. The molecule has 74 valence electrons. The second kappa shape index (κ2) is 4.24. The average Bonchev–Trinajstić information content (AvgIpc) is 2.69. The quantitative estimate of drug-likeness (QED) is 0.832. The van der Waals surface area contributed by atoms with Gasteiger partial charge in [-0.25, -0.2) is 0 Å². The summed E-state index contributed by atoms with van der Waals surface area (Å²) in [4.78, 5) is 4.23. The number of rotatable bonds is 2. The van der Waals surface area contributed by atoms with E-state index < -0.39 is 0 Å². The molecule has 0 atom stereocenters. The molecule has 0 aliphatic rings. The zero-order chi connectivity index (χ0) is 10.7. The Bertz CT molecular complexity index is 491. The van der Waals surface area contributed by atoms with Crippen LogP contribution < -0.4 is 0 Å². The number of H-pyrrole nitrogens is 1. The van der Waals surface area contributed by atoms with E-state index in [0.717, 1.165) is 5.03 Å². The number of benzene rings is 1. The maximum absolute atomic E-state index is 8.67. The molecule has 1 heterocycles. The van der Waals surface area contributed by atoms with Crippen LogP contribution in [0.4, 0.5) is 0 Å². The van der Waals surface area contributed by atoms with Gasteiger partial charge in [0.25, 0.3) is 0 Å². The van der Waals surface area contributed by atoms with E-state index >= 15 is 0 Å². The summed E-state index contributed by atoms with van der Waals surface area (Å²) in [6, 6.07) is 12.3. The highest BCUT2D eigenvalue weighted by Crippen LogP contribution is 2.26. The summed E-state index contributed by atoms with van der Waals surface area (Å²) in [5, 5.41) is 9.67. The second-order valence-electron chi connectivity index (χ2n) is 3.28. The minimum atomic E-state index is 0.671. The molecule has 0 radical (unpaired) electrons. The first kappa shape index (κ1) is 9.88. The molecule has 0 unspecified atom stereocenters. The van der Waals surface area contributed by atoms with Gasteiger partial charge >= 0.3 is 0 Å². The molecule has 0 saturated carbocycles. The van der Waals surface area contributed by atoms with Crippen LogP contribution >= 0.6 is 11.8 Å². The molecular formula is C12H10N2S. The van der Waals surface area contributed by atoms with Crippen LogP contribution in [0.1, 0.15) is 11.1 Å². The van der Waals surface area contributed by atoms with Gasteiger partial charge in [0.2, 0.25) is 0 Å². The molecule has 0 saturated heterocycles. The molecule has 2 aromatic rings. The lowest BCUT2D eigenvalue weighted by Crippen LogP contribution is -1.74. The number of nitrogens with zero attached hydrogens (tertiary/aromatic N) is 1. The van der Waals surface area contributed by atoms with Gasteiger partial charge in [0.05, 0.1) is 10.6 Å². The van der Waals surface area contributed by atoms with Crippen LogP contribution in [0.15, 0.2) is 46.5 Å². The molecule has 1 aromatic heterocycles. The molecule has 0 aliphatic carbocycles. The Balaban J connectivity index is 2.15. The largest absolute Gasteiger partial charge is 0.355 e. The van der Waals surface area contributed by atoms with Crippen molar-refractivity contribution in [2.24, 2.45) is 0 Å². The first-order valence-electron chi connectivity index (χ1n) is 4.61. The summed E-state index contributed by atoms with van der Waals surface area (Å²) >= 11 is 1.63. The maximum atomic E-state index is 8.67. The van der Waals surface area contributed by atoms with Gasteiger partial charge in [0.1, 0.15) is 6.07 Å².